The molecule has 100 valence electrons. The summed E-state index contributed by atoms with van der Waals surface area (Å²) in [5, 5.41) is 28.6. The van der Waals surface area contributed by atoms with E-state index in [1.807, 2.05) is 0 Å². The van der Waals surface area contributed by atoms with Crippen LogP contribution in [0, 0.1) is 0 Å². The summed E-state index contributed by atoms with van der Waals surface area (Å²) in [6, 6.07) is -0.799. The third kappa shape index (κ3) is 3.30. The standard InChI is InChI=1S/C12H19N3O3/c16-11-4-2-1-3-9(11)15-10(12(17)18)5-8-6-13-14-7-8/h6-7,9-11,15-16H,1-5H2,(H,13,14)(H,17,18). The van der Waals surface area contributed by atoms with E-state index in [1.165, 1.54) is 0 Å². The van der Waals surface area contributed by atoms with Crippen LogP contribution >= 0.6 is 0 Å². The summed E-state index contributed by atoms with van der Waals surface area (Å²) in [4.78, 5) is 11.2. The number of hydrogen-bond donors (Lipinski definition) is 4. The monoisotopic (exact) mass is 253 g/mol. The zero-order valence-corrected chi connectivity index (χ0v) is 10.2. The van der Waals surface area contributed by atoms with Crippen LogP contribution in [0.1, 0.15) is 31.2 Å². The van der Waals surface area contributed by atoms with Crippen molar-refractivity contribution in [3.05, 3.63) is 18.0 Å². The average molecular weight is 253 g/mol. The summed E-state index contributed by atoms with van der Waals surface area (Å²) in [6.07, 6.45) is 6.86. The maximum absolute atomic E-state index is 11.2. The van der Waals surface area contributed by atoms with E-state index < -0.39 is 18.1 Å². The first kappa shape index (κ1) is 13.0. The van der Waals surface area contributed by atoms with Crippen LogP contribution in [0.4, 0.5) is 0 Å². The Morgan fingerprint density at radius 3 is 2.94 bits per heavy atom. The number of nitrogens with one attached hydrogen (secondary N) is 2. The van der Waals surface area contributed by atoms with Gasteiger partial charge in [-0.1, -0.05) is 12.8 Å². The second kappa shape index (κ2) is 5.97. The molecule has 0 saturated heterocycles. The van der Waals surface area contributed by atoms with Gasteiger partial charge in [0.15, 0.2) is 0 Å². The number of carboxylic acids is 1. The van der Waals surface area contributed by atoms with E-state index >= 15 is 0 Å². The number of aromatic amines is 1. The number of carbonyl (C=O) groups is 1. The summed E-state index contributed by atoms with van der Waals surface area (Å²) >= 11 is 0. The van der Waals surface area contributed by atoms with Gasteiger partial charge >= 0.3 is 5.97 Å². The Kier molecular flexibility index (Phi) is 4.33. The van der Waals surface area contributed by atoms with Gasteiger partial charge in [0.1, 0.15) is 6.04 Å². The van der Waals surface area contributed by atoms with Gasteiger partial charge in [0.25, 0.3) is 0 Å². The van der Waals surface area contributed by atoms with Gasteiger partial charge in [-0.25, -0.2) is 0 Å². The molecule has 2 rings (SSSR count). The number of aliphatic hydroxyl groups is 1. The average Bonchev–Trinajstić information content (AvgIpc) is 2.83. The van der Waals surface area contributed by atoms with Crippen molar-refractivity contribution in [3.8, 4) is 0 Å². The molecule has 1 aromatic heterocycles. The smallest absolute Gasteiger partial charge is 0.321 e. The molecule has 1 heterocycles. The lowest BCUT2D eigenvalue weighted by Crippen LogP contribution is -2.50. The van der Waals surface area contributed by atoms with Crippen LogP contribution < -0.4 is 5.32 Å². The van der Waals surface area contributed by atoms with Crippen molar-refractivity contribution < 1.29 is 15.0 Å². The fourth-order valence-corrected chi connectivity index (χ4v) is 2.41. The van der Waals surface area contributed by atoms with Crippen molar-refractivity contribution in [2.75, 3.05) is 0 Å². The quantitative estimate of drug-likeness (QED) is 0.605. The molecular formula is C12H19N3O3. The van der Waals surface area contributed by atoms with Crippen molar-refractivity contribution in [3.63, 3.8) is 0 Å². The van der Waals surface area contributed by atoms with E-state index in [2.05, 4.69) is 15.5 Å². The molecule has 0 bridgehead atoms. The Hall–Kier alpha value is -1.40. The van der Waals surface area contributed by atoms with Crippen molar-refractivity contribution in [1.29, 1.82) is 0 Å². The molecule has 0 spiro atoms. The molecule has 4 N–H and O–H groups in total. The largest absolute Gasteiger partial charge is 0.480 e. The van der Waals surface area contributed by atoms with Gasteiger partial charge in [0.2, 0.25) is 0 Å². The molecule has 0 aliphatic heterocycles. The topological polar surface area (TPSA) is 98.2 Å². The van der Waals surface area contributed by atoms with Crippen LogP contribution in [0.2, 0.25) is 0 Å². The Labute approximate surface area is 105 Å². The predicted molar refractivity (Wildman–Crippen MR) is 65.1 cm³/mol. The third-order valence-corrected chi connectivity index (χ3v) is 3.44. The number of carboxylic acid groups (broad SMARTS) is 1. The predicted octanol–water partition coefficient (Wildman–Crippen LogP) is 0.298. The summed E-state index contributed by atoms with van der Waals surface area (Å²) in [5.41, 5.74) is 0.847. The summed E-state index contributed by atoms with van der Waals surface area (Å²) in [6.45, 7) is 0. The maximum Gasteiger partial charge on any atom is 0.321 e. The maximum atomic E-state index is 11.2. The van der Waals surface area contributed by atoms with Crippen LogP contribution in [-0.4, -0.2) is 44.6 Å². The van der Waals surface area contributed by atoms with Crippen molar-refractivity contribution in [1.82, 2.24) is 15.5 Å². The van der Waals surface area contributed by atoms with Crippen molar-refractivity contribution in [2.24, 2.45) is 0 Å². The molecule has 1 saturated carbocycles. The molecule has 0 aromatic carbocycles. The highest BCUT2D eigenvalue weighted by Gasteiger charge is 2.28. The first-order valence-corrected chi connectivity index (χ1v) is 6.31. The Morgan fingerprint density at radius 2 is 2.33 bits per heavy atom. The number of aliphatic hydroxyl groups excluding tert-OH is 1. The lowest BCUT2D eigenvalue weighted by atomic mass is 9.91. The van der Waals surface area contributed by atoms with Gasteiger partial charge in [-0.15, -0.1) is 0 Å². The van der Waals surface area contributed by atoms with E-state index in [9.17, 15) is 15.0 Å². The zero-order chi connectivity index (χ0) is 13.0. The highest BCUT2D eigenvalue weighted by molar-refractivity contribution is 5.73. The van der Waals surface area contributed by atoms with Gasteiger partial charge in [-0.3, -0.25) is 15.2 Å². The van der Waals surface area contributed by atoms with Crippen molar-refractivity contribution in [2.45, 2.75) is 50.3 Å². The molecule has 0 amide bonds. The second-order valence-corrected chi connectivity index (χ2v) is 4.83. The van der Waals surface area contributed by atoms with E-state index in [0.717, 1.165) is 31.2 Å². The molecule has 3 unspecified atom stereocenters. The number of aromatic nitrogens is 2. The minimum absolute atomic E-state index is 0.119. The van der Waals surface area contributed by atoms with Crippen LogP contribution in [0.5, 0.6) is 0 Å². The van der Waals surface area contributed by atoms with Crippen LogP contribution in [0.15, 0.2) is 12.4 Å². The Bertz CT molecular complexity index is 380. The van der Waals surface area contributed by atoms with Crippen LogP contribution in [-0.2, 0) is 11.2 Å². The Balaban J connectivity index is 1.95. The SMILES string of the molecule is O=C(O)C(Cc1cn[nH]c1)NC1CCCCC1O. The number of hydrogen-bond acceptors (Lipinski definition) is 4. The molecular weight excluding hydrogens is 234 g/mol. The van der Waals surface area contributed by atoms with Crippen molar-refractivity contribution >= 4 is 5.97 Å². The van der Waals surface area contributed by atoms with Gasteiger partial charge in [0, 0.05) is 18.7 Å². The van der Waals surface area contributed by atoms with Gasteiger partial charge in [-0.2, -0.15) is 5.10 Å². The van der Waals surface area contributed by atoms with Crippen LogP contribution in [0.25, 0.3) is 0 Å². The van der Waals surface area contributed by atoms with E-state index in [1.54, 1.807) is 12.4 Å². The molecule has 18 heavy (non-hydrogen) atoms. The summed E-state index contributed by atoms with van der Waals surface area (Å²) in [5.74, 6) is -0.894. The lowest BCUT2D eigenvalue weighted by molar-refractivity contribution is -0.140. The van der Waals surface area contributed by atoms with Gasteiger partial charge < -0.3 is 10.2 Å². The fraction of sp³-hybridized carbons (Fsp3) is 0.667. The van der Waals surface area contributed by atoms with E-state index in [4.69, 9.17) is 0 Å². The number of aliphatic carboxylic acids is 1. The number of rotatable bonds is 5. The van der Waals surface area contributed by atoms with E-state index in [0.29, 0.717) is 6.42 Å². The molecule has 0 radical (unpaired) electrons. The first-order valence-electron chi connectivity index (χ1n) is 6.31. The lowest BCUT2D eigenvalue weighted by Gasteiger charge is -2.30. The van der Waals surface area contributed by atoms with E-state index in [-0.39, 0.29) is 6.04 Å². The molecule has 3 atom stereocenters. The highest BCUT2D eigenvalue weighted by Crippen LogP contribution is 2.19. The molecule has 6 nitrogen and oxygen atoms in total. The fourth-order valence-electron chi connectivity index (χ4n) is 2.41. The Morgan fingerprint density at radius 1 is 1.56 bits per heavy atom. The minimum atomic E-state index is -0.894. The molecule has 1 fully saturated rings. The zero-order valence-electron chi connectivity index (χ0n) is 10.2. The van der Waals surface area contributed by atoms with Gasteiger partial charge in [-0.05, 0) is 18.4 Å². The molecule has 1 aliphatic carbocycles. The highest BCUT2D eigenvalue weighted by atomic mass is 16.4. The molecule has 6 heteroatoms. The number of nitrogens with zero attached hydrogens (tertiary/aromatic N) is 1. The van der Waals surface area contributed by atoms with Gasteiger partial charge in [0.05, 0.1) is 12.3 Å². The normalized spacial score (nSPS) is 25.8. The third-order valence-electron chi connectivity index (χ3n) is 3.44. The second-order valence-electron chi connectivity index (χ2n) is 4.83. The minimum Gasteiger partial charge on any atom is -0.480 e. The molecule has 1 aliphatic rings. The summed E-state index contributed by atoms with van der Waals surface area (Å²) in [7, 11) is 0. The van der Waals surface area contributed by atoms with Crippen LogP contribution in [0.3, 0.4) is 0 Å². The summed E-state index contributed by atoms with van der Waals surface area (Å²) < 4.78 is 0. The number of H-pyrrole nitrogens is 1. The molecule has 1 aromatic rings. The first-order chi connectivity index (χ1) is 8.66.